The minimum absolute atomic E-state index is 0.0771. The van der Waals surface area contributed by atoms with Crippen molar-refractivity contribution < 1.29 is 18.1 Å². The summed E-state index contributed by atoms with van der Waals surface area (Å²) in [6, 6.07) is 15.0. The Kier molecular flexibility index (Phi) is 6.23. The van der Waals surface area contributed by atoms with Crippen molar-refractivity contribution in [3.8, 4) is 0 Å². The van der Waals surface area contributed by atoms with Gasteiger partial charge in [0, 0.05) is 17.7 Å². The summed E-state index contributed by atoms with van der Waals surface area (Å²) in [5.41, 5.74) is 3.26. The summed E-state index contributed by atoms with van der Waals surface area (Å²) in [7, 11) is -3.82. The number of anilines is 1. The summed E-state index contributed by atoms with van der Waals surface area (Å²) >= 11 is 1.06. The van der Waals surface area contributed by atoms with Crippen LogP contribution >= 0.6 is 11.3 Å². The molecule has 3 rings (SSSR count). The molecule has 3 aromatic rings. The van der Waals surface area contributed by atoms with Gasteiger partial charge in [-0.1, -0.05) is 30.3 Å². The number of nitro groups is 1. The molecule has 0 spiro atoms. The number of non-ortho nitro benzene ring substituents is 1. The van der Waals surface area contributed by atoms with Gasteiger partial charge in [-0.3, -0.25) is 19.6 Å². The Morgan fingerprint density at radius 3 is 2.57 bits per heavy atom. The maximum absolute atomic E-state index is 12.6. The molecule has 0 fully saturated rings. The van der Waals surface area contributed by atoms with Crippen LogP contribution in [0.3, 0.4) is 0 Å². The highest BCUT2D eigenvalue weighted by molar-refractivity contribution is 7.94. The summed E-state index contributed by atoms with van der Waals surface area (Å²) in [4.78, 5) is 23.0. The largest absolute Gasteiger partial charge is 0.278 e. The second-order valence-corrected chi connectivity index (χ2v) is 8.89. The quantitative estimate of drug-likeness (QED) is 0.326. The van der Waals surface area contributed by atoms with Crippen LogP contribution in [-0.4, -0.2) is 25.0 Å². The van der Waals surface area contributed by atoms with Crippen molar-refractivity contribution in [2.75, 3.05) is 4.72 Å². The van der Waals surface area contributed by atoms with E-state index in [9.17, 15) is 23.3 Å². The number of sulfonamides is 1. The Bertz CT molecular complexity index is 1220. The third kappa shape index (κ3) is 4.88. The van der Waals surface area contributed by atoms with Crippen LogP contribution in [0.2, 0.25) is 0 Å². The molecule has 0 radical (unpaired) electrons. The second kappa shape index (κ2) is 8.84. The molecule has 154 valence electrons. The van der Waals surface area contributed by atoms with E-state index in [0.717, 1.165) is 11.3 Å². The molecule has 0 aliphatic heterocycles. The van der Waals surface area contributed by atoms with Crippen LogP contribution < -0.4 is 10.1 Å². The van der Waals surface area contributed by atoms with Crippen LogP contribution in [-0.2, 0) is 10.0 Å². The molecule has 0 atom stereocenters. The zero-order valence-corrected chi connectivity index (χ0v) is 17.2. The Morgan fingerprint density at radius 1 is 1.10 bits per heavy atom. The Labute approximate surface area is 176 Å². The minimum atomic E-state index is -3.82. The van der Waals surface area contributed by atoms with Gasteiger partial charge >= 0.3 is 0 Å². The maximum Gasteiger partial charge on any atom is 0.273 e. The number of thiophene rings is 1. The Hall–Kier alpha value is -3.57. The highest BCUT2D eigenvalue weighted by Gasteiger charge is 2.19. The lowest BCUT2D eigenvalue weighted by molar-refractivity contribution is -0.384. The smallest absolute Gasteiger partial charge is 0.273 e. The minimum Gasteiger partial charge on any atom is -0.278 e. The van der Waals surface area contributed by atoms with E-state index in [1.165, 1.54) is 36.4 Å². The first-order valence-electron chi connectivity index (χ1n) is 8.53. The molecule has 0 bridgehead atoms. The van der Waals surface area contributed by atoms with Crippen LogP contribution in [0.4, 0.5) is 11.4 Å². The van der Waals surface area contributed by atoms with Crippen molar-refractivity contribution in [1.29, 1.82) is 0 Å². The zero-order chi connectivity index (χ0) is 21.7. The van der Waals surface area contributed by atoms with Crippen molar-refractivity contribution in [1.82, 2.24) is 5.43 Å². The topological polar surface area (TPSA) is 131 Å². The summed E-state index contributed by atoms with van der Waals surface area (Å²) in [6.45, 7) is 1.59. The number of amides is 1. The molecule has 0 aliphatic rings. The van der Waals surface area contributed by atoms with Crippen LogP contribution in [0.5, 0.6) is 0 Å². The standard InChI is InChI=1S/C19H16N4O5S2/c1-13(14-6-4-7-15(12-14)23(25)26)20-21-19(24)16-8-2-3-9-17(16)22-30(27,28)18-10-5-11-29-18/h2-12,22H,1H3,(H,21,24)/b20-13+. The van der Waals surface area contributed by atoms with Gasteiger partial charge in [0.1, 0.15) is 4.21 Å². The van der Waals surface area contributed by atoms with E-state index >= 15 is 0 Å². The number of nitrogens with one attached hydrogen (secondary N) is 2. The van der Waals surface area contributed by atoms with Crippen molar-refractivity contribution >= 4 is 44.4 Å². The second-order valence-electron chi connectivity index (χ2n) is 6.03. The molecule has 2 N–H and O–H groups in total. The van der Waals surface area contributed by atoms with E-state index < -0.39 is 20.9 Å². The van der Waals surface area contributed by atoms with Gasteiger partial charge in [-0.25, -0.2) is 13.8 Å². The molecule has 1 heterocycles. The van der Waals surface area contributed by atoms with Gasteiger partial charge in [0.25, 0.3) is 21.6 Å². The normalized spacial score (nSPS) is 11.7. The summed E-state index contributed by atoms with van der Waals surface area (Å²) in [5.74, 6) is -0.635. The molecule has 11 heteroatoms. The molecule has 30 heavy (non-hydrogen) atoms. The van der Waals surface area contributed by atoms with E-state index in [-0.39, 0.29) is 21.1 Å². The molecule has 2 aromatic carbocycles. The monoisotopic (exact) mass is 444 g/mol. The fourth-order valence-electron chi connectivity index (χ4n) is 2.49. The van der Waals surface area contributed by atoms with Crippen molar-refractivity contribution in [2.45, 2.75) is 11.1 Å². The van der Waals surface area contributed by atoms with Crippen LogP contribution in [0.25, 0.3) is 0 Å². The molecule has 1 aromatic heterocycles. The van der Waals surface area contributed by atoms with E-state index in [1.807, 2.05) is 0 Å². The molecular formula is C19H16N4O5S2. The number of rotatable bonds is 7. The van der Waals surface area contributed by atoms with Gasteiger partial charge in [-0.05, 0) is 30.5 Å². The molecule has 0 saturated heterocycles. The van der Waals surface area contributed by atoms with Crippen molar-refractivity contribution in [2.24, 2.45) is 5.10 Å². The first-order valence-corrected chi connectivity index (χ1v) is 10.9. The Balaban J connectivity index is 1.80. The van der Waals surface area contributed by atoms with E-state index in [2.05, 4.69) is 15.2 Å². The van der Waals surface area contributed by atoms with Gasteiger partial charge in [0.2, 0.25) is 0 Å². The SMILES string of the molecule is C/C(=N\NC(=O)c1ccccc1NS(=O)(=O)c1cccs1)c1cccc([N+](=O)[O-])c1. The number of carbonyl (C=O) groups is 1. The first kappa shape index (κ1) is 21.1. The van der Waals surface area contributed by atoms with Crippen LogP contribution in [0.1, 0.15) is 22.8 Å². The number of hydrazone groups is 1. The van der Waals surface area contributed by atoms with Gasteiger partial charge < -0.3 is 0 Å². The third-order valence-electron chi connectivity index (χ3n) is 3.98. The number of benzene rings is 2. The lowest BCUT2D eigenvalue weighted by atomic mass is 10.1. The first-order chi connectivity index (χ1) is 14.3. The molecule has 0 unspecified atom stereocenters. The van der Waals surface area contributed by atoms with Crippen LogP contribution in [0, 0.1) is 10.1 Å². The lowest BCUT2D eigenvalue weighted by Gasteiger charge is -2.11. The van der Waals surface area contributed by atoms with Crippen LogP contribution in [0.15, 0.2) is 75.4 Å². The number of carbonyl (C=O) groups excluding carboxylic acids is 1. The highest BCUT2D eigenvalue weighted by atomic mass is 32.2. The molecule has 1 amide bonds. The van der Waals surface area contributed by atoms with Gasteiger partial charge in [0.15, 0.2) is 0 Å². The predicted octanol–water partition coefficient (Wildman–Crippen LogP) is 3.61. The van der Waals surface area contributed by atoms with E-state index in [4.69, 9.17) is 0 Å². The number of para-hydroxylation sites is 1. The van der Waals surface area contributed by atoms with Gasteiger partial charge in [-0.15, -0.1) is 11.3 Å². The van der Waals surface area contributed by atoms with Gasteiger partial charge in [-0.2, -0.15) is 5.10 Å². The number of hydrogen-bond donors (Lipinski definition) is 2. The molecular weight excluding hydrogens is 428 g/mol. The fourth-order valence-corrected chi connectivity index (χ4v) is 4.56. The Morgan fingerprint density at radius 2 is 1.87 bits per heavy atom. The zero-order valence-electron chi connectivity index (χ0n) is 15.6. The molecule has 9 nitrogen and oxygen atoms in total. The maximum atomic E-state index is 12.6. The summed E-state index contributed by atoms with van der Waals surface area (Å²) in [6.07, 6.45) is 0. The van der Waals surface area contributed by atoms with E-state index in [0.29, 0.717) is 11.3 Å². The summed E-state index contributed by atoms with van der Waals surface area (Å²) < 4.78 is 27.5. The molecule has 0 saturated carbocycles. The predicted molar refractivity (Wildman–Crippen MR) is 114 cm³/mol. The number of nitro benzene ring substituents is 1. The van der Waals surface area contributed by atoms with Gasteiger partial charge in [0.05, 0.1) is 21.9 Å². The van der Waals surface area contributed by atoms with Crippen molar-refractivity contribution in [3.63, 3.8) is 0 Å². The average molecular weight is 444 g/mol. The number of nitrogens with zero attached hydrogens (tertiary/aromatic N) is 2. The highest BCUT2D eigenvalue weighted by Crippen LogP contribution is 2.23. The lowest BCUT2D eigenvalue weighted by Crippen LogP contribution is -2.22. The van der Waals surface area contributed by atoms with E-state index in [1.54, 1.807) is 36.6 Å². The average Bonchev–Trinajstić information content (AvgIpc) is 3.28. The summed E-state index contributed by atoms with van der Waals surface area (Å²) in [5, 5.41) is 16.5. The van der Waals surface area contributed by atoms with Crippen molar-refractivity contribution in [3.05, 3.63) is 87.3 Å². The number of hydrogen-bond acceptors (Lipinski definition) is 7. The molecule has 0 aliphatic carbocycles. The third-order valence-corrected chi connectivity index (χ3v) is 6.74. The fraction of sp³-hybridized carbons (Fsp3) is 0.0526.